The molecule has 1 atom stereocenters. The van der Waals surface area contributed by atoms with Crippen molar-refractivity contribution in [2.24, 2.45) is 7.05 Å². The number of rotatable bonds is 4. The van der Waals surface area contributed by atoms with E-state index in [0.717, 1.165) is 36.8 Å². The normalized spacial score (nSPS) is 19.6. The standard InChI is InChI=1S/C18H25N3O3S/c1-14-8-9-17(24-3)18(11-14)25(22,23)21-10-6-4-5-7-16(21)15-12-19-20(2)13-15/h8-9,11-13,16H,4-7,10H2,1-3H3. The molecule has 0 bridgehead atoms. The Bertz CT molecular complexity index is 845. The molecule has 1 aromatic heterocycles. The molecule has 7 heteroatoms. The Hall–Kier alpha value is -1.86. The van der Waals surface area contributed by atoms with Crippen molar-refractivity contribution in [3.05, 3.63) is 41.7 Å². The quantitative estimate of drug-likeness (QED) is 0.837. The van der Waals surface area contributed by atoms with Crippen LogP contribution in [0.3, 0.4) is 0 Å². The second-order valence-corrected chi connectivity index (χ2v) is 8.44. The zero-order valence-corrected chi connectivity index (χ0v) is 15.8. The first kappa shape index (κ1) is 17.9. The molecule has 0 spiro atoms. The SMILES string of the molecule is COc1ccc(C)cc1S(=O)(=O)N1CCCCCC1c1cnn(C)c1. The third-order valence-electron chi connectivity index (χ3n) is 4.72. The van der Waals surface area contributed by atoms with Gasteiger partial charge in [0.25, 0.3) is 0 Å². The van der Waals surface area contributed by atoms with E-state index in [4.69, 9.17) is 4.74 Å². The molecule has 1 saturated heterocycles. The van der Waals surface area contributed by atoms with Gasteiger partial charge in [0, 0.05) is 25.4 Å². The predicted molar refractivity (Wildman–Crippen MR) is 96.0 cm³/mol. The molecule has 1 aromatic carbocycles. The van der Waals surface area contributed by atoms with Gasteiger partial charge in [-0.25, -0.2) is 8.42 Å². The number of benzene rings is 1. The Kier molecular flexibility index (Phi) is 5.15. The Labute approximate surface area is 149 Å². The van der Waals surface area contributed by atoms with Crippen LogP contribution in [0.4, 0.5) is 0 Å². The average Bonchev–Trinajstić information content (AvgIpc) is 2.86. The van der Waals surface area contributed by atoms with Gasteiger partial charge in [-0.1, -0.05) is 18.9 Å². The van der Waals surface area contributed by atoms with Crippen LogP contribution in [0.15, 0.2) is 35.5 Å². The fourth-order valence-corrected chi connectivity index (χ4v) is 5.35. The third kappa shape index (κ3) is 3.57. The summed E-state index contributed by atoms with van der Waals surface area (Å²) in [6, 6.07) is 5.09. The zero-order chi connectivity index (χ0) is 18.0. The number of ether oxygens (including phenoxy) is 1. The summed E-state index contributed by atoms with van der Waals surface area (Å²) in [7, 11) is -0.313. The largest absolute Gasteiger partial charge is 0.495 e. The van der Waals surface area contributed by atoms with Gasteiger partial charge in [-0.05, 0) is 37.5 Å². The smallest absolute Gasteiger partial charge is 0.247 e. The van der Waals surface area contributed by atoms with E-state index in [1.54, 1.807) is 27.3 Å². The average molecular weight is 363 g/mol. The highest BCUT2D eigenvalue weighted by atomic mass is 32.2. The predicted octanol–water partition coefficient (Wildman–Crippen LogP) is 3.04. The topological polar surface area (TPSA) is 64.4 Å². The van der Waals surface area contributed by atoms with Crippen molar-refractivity contribution >= 4 is 10.0 Å². The maximum Gasteiger partial charge on any atom is 0.247 e. The highest BCUT2D eigenvalue weighted by molar-refractivity contribution is 7.89. The first-order valence-corrected chi connectivity index (χ1v) is 10.0. The first-order valence-electron chi connectivity index (χ1n) is 8.58. The van der Waals surface area contributed by atoms with Crippen molar-refractivity contribution in [1.29, 1.82) is 0 Å². The highest BCUT2D eigenvalue weighted by Gasteiger charge is 2.35. The number of aromatic nitrogens is 2. The minimum atomic E-state index is -3.67. The second-order valence-electron chi connectivity index (χ2n) is 6.58. The summed E-state index contributed by atoms with van der Waals surface area (Å²) in [5.74, 6) is 0.389. The van der Waals surface area contributed by atoms with Gasteiger partial charge in [0.1, 0.15) is 10.6 Å². The molecule has 0 N–H and O–H groups in total. The van der Waals surface area contributed by atoms with Crippen LogP contribution < -0.4 is 4.74 Å². The minimum absolute atomic E-state index is 0.189. The van der Waals surface area contributed by atoms with Crippen molar-refractivity contribution in [3.63, 3.8) is 0 Å². The van der Waals surface area contributed by atoms with Crippen LogP contribution in [-0.4, -0.2) is 36.2 Å². The molecule has 0 radical (unpaired) electrons. The lowest BCUT2D eigenvalue weighted by Crippen LogP contribution is -2.35. The van der Waals surface area contributed by atoms with E-state index >= 15 is 0 Å². The van der Waals surface area contributed by atoms with Gasteiger partial charge in [-0.3, -0.25) is 4.68 Å². The van der Waals surface area contributed by atoms with Crippen LogP contribution in [0, 0.1) is 6.92 Å². The number of methoxy groups -OCH3 is 1. The lowest BCUT2D eigenvalue weighted by atomic mass is 10.1. The molecule has 1 fully saturated rings. The van der Waals surface area contributed by atoms with E-state index in [9.17, 15) is 8.42 Å². The Balaban J connectivity index is 2.08. The summed E-state index contributed by atoms with van der Waals surface area (Å²) in [4.78, 5) is 0.241. The number of hydrogen-bond acceptors (Lipinski definition) is 4. The molecule has 0 aliphatic carbocycles. The fourth-order valence-electron chi connectivity index (χ4n) is 3.43. The summed E-state index contributed by atoms with van der Waals surface area (Å²) < 4.78 is 35.6. The highest BCUT2D eigenvalue weighted by Crippen LogP contribution is 2.37. The molecule has 1 aliphatic heterocycles. The number of nitrogens with zero attached hydrogens (tertiary/aromatic N) is 3. The molecule has 2 heterocycles. The van der Waals surface area contributed by atoms with Gasteiger partial charge in [0.15, 0.2) is 0 Å². The second kappa shape index (κ2) is 7.17. The van der Waals surface area contributed by atoms with Crippen molar-refractivity contribution in [1.82, 2.24) is 14.1 Å². The van der Waals surface area contributed by atoms with Gasteiger partial charge < -0.3 is 4.74 Å². The molecule has 1 aliphatic rings. The van der Waals surface area contributed by atoms with E-state index in [1.165, 1.54) is 7.11 Å². The van der Waals surface area contributed by atoms with Gasteiger partial charge >= 0.3 is 0 Å². The maximum atomic E-state index is 13.5. The van der Waals surface area contributed by atoms with E-state index < -0.39 is 10.0 Å². The molecule has 2 aromatic rings. The van der Waals surface area contributed by atoms with E-state index in [-0.39, 0.29) is 10.9 Å². The van der Waals surface area contributed by atoms with Gasteiger partial charge in [-0.2, -0.15) is 9.40 Å². The van der Waals surface area contributed by atoms with Gasteiger partial charge in [0.05, 0.1) is 19.3 Å². The summed E-state index contributed by atoms with van der Waals surface area (Å²) in [6.45, 7) is 2.40. The maximum absolute atomic E-state index is 13.5. The molecular weight excluding hydrogens is 338 g/mol. The molecule has 1 unspecified atom stereocenters. The van der Waals surface area contributed by atoms with Gasteiger partial charge in [0.2, 0.25) is 10.0 Å². The van der Waals surface area contributed by atoms with Crippen molar-refractivity contribution in [2.45, 2.75) is 43.5 Å². The molecule has 25 heavy (non-hydrogen) atoms. The molecule has 0 saturated carbocycles. The Morgan fingerprint density at radius 1 is 1.24 bits per heavy atom. The van der Waals surface area contributed by atoms with E-state index in [0.29, 0.717) is 12.3 Å². The zero-order valence-electron chi connectivity index (χ0n) is 15.0. The number of aryl methyl sites for hydroxylation is 2. The molecule has 0 amide bonds. The van der Waals surface area contributed by atoms with Gasteiger partial charge in [-0.15, -0.1) is 0 Å². The van der Waals surface area contributed by atoms with Crippen LogP contribution in [0.25, 0.3) is 0 Å². The van der Waals surface area contributed by atoms with Crippen molar-refractivity contribution < 1.29 is 13.2 Å². The summed E-state index contributed by atoms with van der Waals surface area (Å²) in [5, 5.41) is 4.23. The van der Waals surface area contributed by atoms with Crippen molar-refractivity contribution in [3.8, 4) is 5.75 Å². The third-order valence-corrected chi connectivity index (χ3v) is 6.65. The lowest BCUT2D eigenvalue weighted by molar-refractivity contribution is 0.325. The van der Waals surface area contributed by atoms with E-state index in [2.05, 4.69) is 5.10 Å². The van der Waals surface area contributed by atoms with Crippen LogP contribution >= 0.6 is 0 Å². The lowest BCUT2D eigenvalue weighted by Gasteiger charge is -2.29. The molecule has 136 valence electrons. The minimum Gasteiger partial charge on any atom is -0.495 e. The van der Waals surface area contributed by atoms with Crippen molar-refractivity contribution in [2.75, 3.05) is 13.7 Å². The van der Waals surface area contributed by atoms with E-state index in [1.807, 2.05) is 26.2 Å². The molecule has 6 nitrogen and oxygen atoms in total. The molecular formula is C18H25N3O3S. The summed E-state index contributed by atoms with van der Waals surface area (Å²) in [5.41, 5.74) is 1.84. The summed E-state index contributed by atoms with van der Waals surface area (Å²) in [6.07, 6.45) is 7.39. The number of sulfonamides is 1. The van der Waals surface area contributed by atoms with Crippen LogP contribution in [-0.2, 0) is 17.1 Å². The Morgan fingerprint density at radius 3 is 2.72 bits per heavy atom. The van der Waals surface area contributed by atoms with Crippen LogP contribution in [0.1, 0.15) is 42.9 Å². The summed E-state index contributed by atoms with van der Waals surface area (Å²) >= 11 is 0. The molecule has 3 rings (SSSR count). The van der Waals surface area contributed by atoms with Crippen LogP contribution in [0.2, 0.25) is 0 Å². The first-order chi connectivity index (χ1) is 11.9. The fraction of sp³-hybridized carbons (Fsp3) is 0.500. The number of hydrogen-bond donors (Lipinski definition) is 0. The Morgan fingerprint density at radius 2 is 2.04 bits per heavy atom. The monoisotopic (exact) mass is 363 g/mol. The van der Waals surface area contributed by atoms with Crippen LogP contribution in [0.5, 0.6) is 5.75 Å².